The van der Waals surface area contributed by atoms with Gasteiger partial charge in [-0.2, -0.15) is 0 Å². The molecule has 92 valence electrons. The van der Waals surface area contributed by atoms with Gasteiger partial charge in [0.05, 0.1) is 0 Å². The number of hydrogen-bond acceptors (Lipinski definition) is 1. The molecule has 0 aromatic carbocycles. The topological polar surface area (TPSA) is 20.2 Å². The Hall–Kier alpha value is 0.540. The van der Waals surface area contributed by atoms with Crippen LogP contribution >= 0.6 is 23.2 Å². The van der Waals surface area contributed by atoms with Crippen LogP contribution in [0.4, 0.5) is 0 Å². The molecule has 0 aliphatic heterocycles. The van der Waals surface area contributed by atoms with Gasteiger partial charge in [-0.05, 0) is 6.42 Å². The van der Waals surface area contributed by atoms with Crippen LogP contribution < -0.4 is 0 Å². The molecule has 0 aliphatic rings. The molecule has 0 heterocycles. The second kappa shape index (κ2) is 9.74. The van der Waals surface area contributed by atoms with Gasteiger partial charge in [0, 0.05) is 13.0 Å². The summed E-state index contributed by atoms with van der Waals surface area (Å²) >= 11 is 12.0. The molecule has 0 fully saturated rings. The molecule has 0 aliphatic carbocycles. The van der Waals surface area contributed by atoms with Crippen molar-refractivity contribution in [3.05, 3.63) is 0 Å². The Labute approximate surface area is 104 Å². The number of unbranched alkanes of at least 4 members (excludes halogenated alkanes) is 6. The summed E-state index contributed by atoms with van der Waals surface area (Å²) in [5.74, 6) is 0. The Morgan fingerprint density at radius 3 is 1.93 bits per heavy atom. The van der Waals surface area contributed by atoms with Crippen LogP contribution in [0.5, 0.6) is 0 Å². The second-order valence-corrected chi connectivity index (χ2v) is 5.84. The van der Waals surface area contributed by atoms with Crippen LogP contribution in [0.25, 0.3) is 0 Å². The summed E-state index contributed by atoms with van der Waals surface area (Å²) in [5.41, 5.74) is 0. The van der Waals surface area contributed by atoms with Crippen LogP contribution in [0, 0.1) is 0 Å². The minimum Gasteiger partial charge on any atom is -0.396 e. The van der Waals surface area contributed by atoms with Crippen molar-refractivity contribution >= 4 is 23.2 Å². The van der Waals surface area contributed by atoms with Gasteiger partial charge in [0.25, 0.3) is 0 Å². The van der Waals surface area contributed by atoms with Gasteiger partial charge in [0.2, 0.25) is 0 Å². The summed E-state index contributed by atoms with van der Waals surface area (Å²) in [5, 5.41) is 8.73. The van der Waals surface area contributed by atoms with Crippen molar-refractivity contribution in [3.8, 4) is 0 Å². The molecule has 0 rings (SSSR count). The highest BCUT2D eigenvalue weighted by molar-refractivity contribution is 6.48. The van der Waals surface area contributed by atoms with Crippen molar-refractivity contribution in [3.63, 3.8) is 0 Å². The quantitative estimate of drug-likeness (QED) is 0.443. The Morgan fingerprint density at radius 2 is 1.40 bits per heavy atom. The Bertz CT molecular complexity index is 138. The first-order valence-corrected chi connectivity index (χ1v) is 6.86. The van der Waals surface area contributed by atoms with Crippen molar-refractivity contribution in [2.24, 2.45) is 0 Å². The fourth-order valence-electron chi connectivity index (χ4n) is 1.63. The molecule has 0 spiro atoms. The lowest BCUT2D eigenvalue weighted by atomic mass is 10.1. The lowest BCUT2D eigenvalue weighted by Crippen LogP contribution is -2.14. The van der Waals surface area contributed by atoms with E-state index in [1.54, 1.807) is 0 Å². The molecule has 0 amide bonds. The summed E-state index contributed by atoms with van der Waals surface area (Å²) in [7, 11) is 0. The molecule has 3 heteroatoms. The second-order valence-electron chi connectivity index (χ2n) is 4.20. The molecule has 0 saturated heterocycles. The van der Waals surface area contributed by atoms with Gasteiger partial charge in [0.15, 0.2) is 0 Å². The van der Waals surface area contributed by atoms with Crippen molar-refractivity contribution in [1.82, 2.24) is 0 Å². The van der Waals surface area contributed by atoms with Gasteiger partial charge in [-0.15, -0.1) is 23.2 Å². The zero-order valence-electron chi connectivity index (χ0n) is 9.77. The molecule has 15 heavy (non-hydrogen) atoms. The highest BCUT2D eigenvalue weighted by Crippen LogP contribution is 2.31. The molecule has 1 nitrogen and oxygen atoms in total. The van der Waals surface area contributed by atoms with Crippen LogP contribution in [-0.4, -0.2) is 16.0 Å². The third kappa shape index (κ3) is 10.8. The number of aliphatic hydroxyl groups excluding tert-OH is 1. The first-order chi connectivity index (χ1) is 7.12. The van der Waals surface area contributed by atoms with Crippen LogP contribution in [0.1, 0.15) is 64.7 Å². The number of alkyl halides is 2. The maximum absolute atomic E-state index is 8.73. The number of halogens is 2. The van der Waals surface area contributed by atoms with E-state index in [9.17, 15) is 0 Å². The van der Waals surface area contributed by atoms with E-state index in [-0.39, 0.29) is 6.61 Å². The van der Waals surface area contributed by atoms with Crippen LogP contribution in [0.2, 0.25) is 0 Å². The predicted molar refractivity (Wildman–Crippen MR) is 68.7 cm³/mol. The summed E-state index contributed by atoms with van der Waals surface area (Å²) in [4.78, 5) is 0. The number of aliphatic hydroxyl groups is 1. The van der Waals surface area contributed by atoms with E-state index >= 15 is 0 Å². The Balaban J connectivity index is 3.22. The summed E-state index contributed by atoms with van der Waals surface area (Å²) in [6.07, 6.45) is 10.1. The molecule has 0 saturated carbocycles. The van der Waals surface area contributed by atoms with Crippen molar-refractivity contribution in [1.29, 1.82) is 0 Å². The van der Waals surface area contributed by atoms with E-state index in [0.717, 1.165) is 12.8 Å². The average molecular weight is 255 g/mol. The van der Waals surface area contributed by atoms with Gasteiger partial charge < -0.3 is 5.11 Å². The normalized spacial score (nSPS) is 12.0. The highest BCUT2D eigenvalue weighted by Gasteiger charge is 2.21. The van der Waals surface area contributed by atoms with E-state index in [2.05, 4.69) is 6.92 Å². The molecule has 0 atom stereocenters. The van der Waals surface area contributed by atoms with Crippen molar-refractivity contribution < 1.29 is 5.11 Å². The third-order valence-electron chi connectivity index (χ3n) is 2.62. The summed E-state index contributed by atoms with van der Waals surface area (Å²) in [6.45, 7) is 2.30. The molecule has 0 aromatic rings. The van der Waals surface area contributed by atoms with Crippen LogP contribution in [0.15, 0.2) is 0 Å². The molecule has 0 radical (unpaired) electrons. The zero-order valence-corrected chi connectivity index (χ0v) is 11.3. The van der Waals surface area contributed by atoms with E-state index < -0.39 is 4.33 Å². The summed E-state index contributed by atoms with van der Waals surface area (Å²) < 4.78 is -0.710. The first-order valence-electron chi connectivity index (χ1n) is 6.11. The minimum atomic E-state index is -0.710. The Morgan fingerprint density at radius 1 is 0.867 bits per heavy atom. The van der Waals surface area contributed by atoms with Gasteiger partial charge >= 0.3 is 0 Å². The standard InChI is InChI=1S/C12H24Cl2O/c1-2-3-4-5-6-7-8-9-12(13,14)10-11-15/h15H,2-11H2,1H3. The molecule has 1 N–H and O–H groups in total. The largest absolute Gasteiger partial charge is 0.396 e. The van der Waals surface area contributed by atoms with Crippen molar-refractivity contribution in [2.45, 2.75) is 69.0 Å². The summed E-state index contributed by atoms with van der Waals surface area (Å²) in [6, 6.07) is 0. The molecule has 0 aromatic heterocycles. The van der Waals surface area contributed by atoms with Gasteiger partial charge in [-0.1, -0.05) is 51.9 Å². The number of hydrogen-bond donors (Lipinski definition) is 1. The van der Waals surface area contributed by atoms with E-state index in [0.29, 0.717) is 6.42 Å². The zero-order chi connectivity index (χ0) is 11.6. The lowest BCUT2D eigenvalue weighted by Gasteiger charge is -2.17. The first kappa shape index (κ1) is 15.5. The van der Waals surface area contributed by atoms with E-state index in [1.807, 2.05) is 0 Å². The Kier molecular flexibility index (Phi) is 10.1. The maximum atomic E-state index is 8.73. The van der Waals surface area contributed by atoms with Crippen LogP contribution in [-0.2, 0) is 0 Å². The highest BCUT2D eigenvalue weighted by atomic mass is 35.5. The predicted octanol–water partition coefficient (Wildman–Crippen LogP) is 4.68. The average Bonchev–Trinajstić information content (AvgIpc) is 2.16. The third-order valence-corrected chi connectivity index (χ3v) is 3.38. The van der Waals surface area contributed by atoms with E-state index in [1.165, 1.54) is 38.5 Å². The van der Waals surface area contributed by atoms with Crippen LogP contribution in [0.3, 0.4) is 0 Å². The lowest BCUT2D eigenvalue weighted by molar-refractivity contribution is 0.278. The van der Waals surface area contributed by atoms with Crippen molar-refractivity contribution in [2.75, 3.05) is 6.61 Å². The smallest absolute Gasteiger partial charge is 0.120 e. The SMILES string of the molecule is CCCCCCCCCC(Cl)(Cl)CCO. The maximum Gasteiger partial charge on any atom is 0.120 e. The molecule has 0 unspecified atom stereocenters. The molecular weight excluding hydrogens is 231 g/mol. The van der Waals surface area contributed by atoms with Gasteiger partial charge in [0.1, 0.15) is 4.33 Å². The number of rotatable bonds is 10. The van der Waals surface area contributed by atoms with Gasteiger partial charge in [-0.3, -0.25) is 0 Å². The van der Waals surface area contributed by atoms with Gasteiger partial charge in [-0.25, -0.2) is 0 Å². The minimum absolute atomic E-state index is 0.0729. The fourth-order valence-corrected chi connectivity index (χ4v) is 2.07. The molecular formula is C12H24Cl2O. The molecule has 0 bridgehead atoms. The fraction of sp³-hybridized carbons (Fsp3) is 1.00. The van der Waals surface area contributed by atoms with E-state index in [4.69, 9.17) is 28.3 Å². The monoisotopic (exact) mass is 254 g/mol.